The van der Waals surface area contributed by atoms with Gasteiger partial charge in [0.1, 0.15) is 0 Å². The van der Waals surface area contributed by atoms with Crippen LogP contribution in [0.3, 0.4) is 0 Å². The molecule has 3 heteroatoms. The maximum Gasteiger partial charge on any atom is 0.0234 e. The number of hydrogen-bond acceptors (Lipinski definition) is 3. The second-order valence-electron chi connectivity index (χ2n) is 6.41. The van der Waals surface area contributed by atoms with E-state index in [-0.39, 0.29) is 0 Å². The average molecular weight is 321 g/mol. The molecule has 24 heavy (non-hydrogen) atoms. The van der Waals surface area contributed by atoms with Gasteiger partial charge in [-0.3, -0.25) is 9.80 Å². The smallest absolute Gasteiger partial charge is 0.0234 e. The summed E-state index contributed by atoms with van der Waals surface area (Å²) in [5, 5.41) is 0. The zero-order valence-corrected chi connectivity index (χ0v) is 14.3. The summed E-state index contributed by atoms with van der Waals surface area (Å²) in [4.78, 5) is 5.05. The van der Waals surface area contributed by atoms with Crippen molar-refractivity contribution in [1.29, 1.82) is 0 Å². The number of rotatable bonds is 6. The Morgan fingerprint density at radius 3 is 2.29 bits per heavy atom. The van der Waals surface area contributed by atoms with E-state index < -0.39 is 0 Å². The van der Waals surface area contributed by atoms with E-state index in [0.717, 1.165) is 39.3 Å². The van der Waals surface area contributed by atoms with Crippen LogP contribution in [0, 0.1) is 0 Å². The zero-order chi connectivity index (χ0) is 16.6. The largest absolute Gasteiger partial charge is 0.326 e. The summed E-state index contributed by atoms with van der Waals surface area (Å²) >= 11 is 0. The maximum atomic E-state index is 5.73. The lowest BCUT2D eigenvalue weighted by Crippen LogP contribution is -2.45. The molecule has 1 aliphatic heterocycles. The molecular formula is C21H27N3. The summed E-state index contributed by atoms with van der Waals surface area (Å²) in [6.45, 7) is 7.21. The first-order chi connectivity index (χ1) is 11.8. The molecule has 0 saturated carbocycles. The zero-order valence-electron chi connectivity index (χ0n) is 14.3. The molecule has 1 fully saturated rings. The van der Waals surface area contributed by atoms with Gasteiger partial charge in [0.25, 0.3) is 0 Å². The Hall–Kier alpha value is -1.94. The van der Waals surface area contributed by atoms with Crippen molar-refractivity contribution in [1.82, 2.24) is 9.80 Å². The third-order valence-electron chi connectivity index (χ3n) is 4.57. The Morgan fingerprint density at radius 2 is 1.54 bits per heavy atom. The van der Waals surface area contributed by atoms with Gasteiger partial charge in [0, 0.05) is 45.8 Å². The van der Waals surface area contributed by atoms with Crippen LogP contribution in [0.4, 0.5) is 0 Å². The Bertz CT molecular complexity index is 643. The quantitative estimate of drug-likeness (QED) is 0.888. The number of piperazine rings is 1. The number of benzene rings is 2. The first-order valence-corrected chi connectivity index (χ1v) is 8.78. The van der Waals surface area contributed by atoms with Gasteiger partial charge in [-0.25, -0.2) is 0 Å². The lowest BCUT2D eigenvalue weighted by molar-refractivity contribution is 0.137. The van der Waals surface area contributed by atoms with Gasteiger partial charge in [0.2, 0.25) is 0 Å². The van der Waals surface area contributed by atoms with Gasteiger partial charge in [0.05, 0.1) is 0 Å². The highest BCUT2D eigenvalue weighted by molar-refractivity contribution is 5.48. The molecule has 2 aromatic carbocycles. The minimum atomic E-state index is 0.620. The summed E-state index contributed by atoms with van der Waals surface area (Å²) in [5.74, 6) is 0. The monoisotopic (exact) mass is 321 g/mol. The van der Waals surface area contributed by atoms with Crippen molar-refractivity contribution in [2.24, 2.45) is 5.73 Å². The molecule has 0 aromatic heterocycles. The molecule has 0 radical (unpaired) electrons. The molecule has 2 aromatic rings. The van der Waals surface area contributed by atoms with Crippen LogP contribution in [0.15, 0.2) is 60.7 Å². The molecular weight excluding hydrogens is 294 g/mol. The summed E-state index contributed by atoms with van der Waals surface area (Å²) < 4.78 is 0. The van der Waals surface area contributed by atoms with Gasteiger partial charge in [-0.2, -0.15) is 0 Å². The van der Waals surface area contributed by atoms with Crippen molar-refractivity contribution in [2.45, 2.75) is 13.1 Å². The first-order valence-electron chi connectivity index (χ1n) is 8.78. The van der Waals surface area contributed by atoms with Gasteiger partial charge < -0.3 is 5.73 Å². The molecule has 1 aliphatic rings. The fraction of sp³-hybridized carbons (Fsp3) is 0.333. The van der Waals surface area contributed by atoms with E-state index in [4.69, 9.17) is 5.73 Å². The predicted octanol–water partition coefficient (Wildman–Crippen LogP) is 2.98. The molecule has 0 amide bonds. The van der Waals surface area contributed by atoms with E-state index in [0.29, 0.717) is 6.54 Å². The minimum absolute atomic E-state index is 0.620. The lowest BCUT2D eigenvalue weighted by Gasteiger charge is -2.34. The third kappa shape index (κ3) is 5.03. The molecule has 126 valence electrons. The Morgan fingerprint density at radius 1 is 0.833 bits per heavy atom. The summed E-state index contributed by atoms with van der Waals surface area (Å²) in [7, 11) is 0. The molecule has 0 bridgehead atoms. The van der Waals surface area contributed by atoms with Gasteiger partial charge >= 0.3 is 0 Å². The van der Waals surface area contributed by atoms with Crippen molar-refractivity contribution < 1.29 is 0 Å². The van der Waals surface area contributed by atoms with Crippen molar-refractivity contribution in [3.05, 3.63) is 77.4 Å². The first kappa shape index (κ1) is 16.9. The fourth-order valence-electron chi connectivity index (χ4n) is 3.15. The van der Waals surface area contributed by atoms with Crippen LogP contribution in [0.1, 0.15) is 16.7 Å². The van der Waals surface area contributed by atoms with Crippen LogP contribution in [0.25, 0.3) is 6.08 Å². The van der Waals surface area contributed by atoms with E-state index in [1.165, 1.54) is 16.7 Å². The second kappa shape index (κ2) is 8.78. The average Bonchev–Trinajstić information content (AvgIpc) is 2.64. The minimum Gasteiger partial charge on any atom is -0.326 e. The van der Waals surface area contributed by atoms with E-state index in [1.54, 1.807) is 0 Å². The van der Waals surface area contributed by atoms with E-state index in [9.17, 15) is 0 Å². The topological polar surface area (TPSA) is 32.5 Å². The van der Waals surface area contributed by atoms with Gasteiger partial charge in [0.15, 0.2) is 0 Å². The standard InChI is InChI=1S/C21H27N3/c22-17-20-8-4-9-21(16-20)18-24-14-12-23(13-15-24)11-5-10-19-6-2-1-3-7-19/h1-10,16H,11-15,17-18,22H2/b10-5+. The molecule has 3 rings (SSSR count). The van der Waals surface area contributed by atoms with Gasteiger partial charge in [-0.15, -0.1) is 0 Å². The predicted molar refractivity (Wildman–Crippen MR) is 102 cm³/mol. The normalized spacial score (nSPS) is 16.7. The van der Waals surface area contributed by atoms with Gasteiger partial charge in [-0.1, -0.05) is 66.7 Å². The number of hydrogen-bond donors (Lipinski definition) is 1. The molecule has 0 unspecified atom stereocenters. The van der Waals surface area contributed by atoms with Crippen LogP contribution in [0.2, 0.25) is 0 Å². The third-order valence-corrected chi connectivity index (χ3v) is 4.57. The SMILES string of the molecule is NCc1cccc(CN2CCN(C/C=C/c3ccccc3)CC2)c1. The lowest BCUT2D eigenvalue weighted by atomic mass is 10.1. The molecule has 2 N–H and O–H groups in total. The molecule has 3 nitrogen and oxygen atoms in total. The second-order valence-corrected chi connectivity index (χ2v) is 6.41. The van der Waals surface area contributed by atoms with Crippen LogP contribution < -0.4 is 5.73 Å². The molecule has 0 aliphatic carbocycles. The Labute approximate surface area is 145 Å². The summed E-state index contributed by atoms with van der Waals surface area (Å²) in [6.07, 6.45) is 4.49. The molecule has 1 heterocycles. The van der Waals surface area contributed by atoms with Crippen LogP contribution in [-0.4, -0.2) is 42.5 Å². The highest BCUT2D eigenvalue weighted by atomic mass is 15.3. The Balaban J connectivity index is 1.43. The van der Waals surface area contributed by atoms with Crippen molar-refractivity contribution in [3.8, 4) is 0 Å². The highest BCUT2D eigenvalue weighted by Crippen LogP contribution is 2.11. The van der Waals surface area contributed by atoms with E-state index in [2.05, 4.69) is 76.5 Å². The molecule has 0 spiro atoms. The van der Waals surface area contributed by atoms with Crippen molar-refractivity contribution in [2.75, 3.05) is 32.7 Å². The van der Waals surface area contributed by atoms with Crippen molar-refractivity contribution >= 4 is 6.08 Å². The Kier molecular flexibility index (Phi) is 6.19. The fourth-order valence-corrected chi connectivity index (χ4v) is 3.15. The highest BCUT2D eigenvalue weighted by Gasteiger charge is 2.15. The summed E-state index contributed by atoms with van der Waals surface area (Å²) in [5.41, 5.74) is 9.60. The van der Waals surface area contributed by atoms with Crippen LogP contribution in [0.5, 0.6) is 0 Å². The van der Waals surface area contributed by atoms with Gasteiger partial charge in [-0.05, 0) is 16.7 Å². The van der Waals surface area contributed by atoms with E-state index >= 15 is 0 Å². The summed E-state index contributed by atoms with van der Waals surface area (Å²) in [6, 6.07) is 19.1. The number of nitrogens with zero attached hydrogens (tertiary/aromatic N) is 2. The van der Waals surface area contributed by atoms with Crippen molar-refractivity contribution in [3.63, 3.8) is 0 Å². The number of nitrogens with two attached hydrogens (primary N) is 1. The van der Waals surface area contributed by atoms with E-state index in [1.807, 2.05) is 0 Å². The molecule has 1 saturated heterocycles. The van der Waals surface area contributed by atoms with Crippen LogP contribution >= 0.6 is 0 Å². The molecule has 0 atom stereocenters. The maximum absolute atomic E-state index is 5.73. The van der Waals surface area contributed by atoms with Crippen LogP contribution in [-0.2, 0) is 13.1 Å².